The number of hydrogen-bond acceptors (Lipinski definition) is 3. The van der Waals surface area contributed by atoms with Gasteiger partial charge in [-0.3, -0.25) is 0 Å². The lowest BCUT2D eigenvalue weighted by atomic mass is 10.0. The van der Waals surface area contributed by atoms with Gasteiger partial charge in [0.05, 0.1) is 0 Å². The molecule has 0 spiro atoms. The summed E-state index contributed by atoms with van der Waals surface area (Å²) in [5.41, 5.74) is 7.17. The van der Waals surface area contributed by atoms with E-state index in [1.165, 1.54) is 12.8 Å². The first-order chi connectivity index (χ1) is 5.85. The van der Waals surface area contributed by atoms with Gasteiger partial charge in [-0.15, -0.1) is 0 Å². The summed E-state index contributed by atoms with van der Waals surface area (Å²) in [5, 5.41) is 0. The summed E-state index contributed by atoms with van der Waals surface area (Å²) in [6.07, 6.45) is 6.92. The van der Waals surface area contributed by atoms with Gasteiger partial charge >= 0.3 is 0 Å². The fourth-order valence-electron chi connectivity index (χ4n) is 1.44. The molecule has 3 nitrogen and oxygen atoms in total. The van der Waals surface area contributed by atoms with Crippen molar-refractivity contribution < 1.29 is 0 Å². The summed E-state index contributed by atoms with van der Waals surface area (Å²) < 4.78 is 0. The normalized spacial score (nSPS) is 19.1. The van der Waals surface area contributed by atoms with Crippen molar-refractivity contribution in [2.24, 2.45) is 11.1 Å². The topological polar surface area (TPSA) is 51.8 Å². The van der Waals surface area contributed by atoms with Crippen molar-refractivity contribution in [3.8, 4) is 0 Å². The summed E-state index contributed by atoms with van der Waals surface area (Å²) in [5.74, 6) is 0. The van der Waals surface area contributed by atoms with Crippen molar-refractivity contribution >= 4 is 0 Å². The first-order valence-corrected chi connectivity index (χ1v) is 4.30. The molecule has 2 N–H and O–H groups in total. The molecule has 1 aliphatic rings. The molecule has 2 rings (SSSR count). The summed E-state index contributed by atoms with van der Waals surface area (Å²) in [7, 11) is 0. The van der Waals surface area contributed by atoms with Crippen LogP contribution < -0.4 is 5.73 Å². The minimum atomic E-state index is 0.383. The first-order valence-electron chi connectivity index (χ1n) is 4.30. The van der Waals surface area contributed by atoms with Gasteiger partial charge in [0.2, 0.25) is 0 Å². The Morgan fingerprint density at radius 2 is 2.33 bits per heavy atom. The van der Waals surface area contributed by atoms with Crippen LogP contribution in [-0.2, 0) is 6.42 Å². The van der Waals surface area contributed by atoms with E-state index in [-0.39, 0.29) is 0 Å². The third-order valence-electron chi connectivity index (χ3n) is 2.59. The van der Waals surface area contributed by atoms with Crippen molar-refractivity contribution in [2.75, 3.05) is 6.54 Å². The van der Waals surface area contributed by atoms with Crippen LogP contribution in [-0.4, -0.2) is 16.5 Å². The van der Waals surface area contributed by atoms with Crippen molar-refractivity contribution in [2.45, 2.75) is 19.3 Å². The van der Waals surface area contributed by atoms with Gasteiger partial charge in [0.15, 0.2) is 0 Å². The largest absolute Gasteiger partial charge is 0.330 e. The zero-order chi connectivity index (χ0) is 8.44. The molecule has 0 atom stereocenters. The van der Waals surface area contributed by atoms with E-state index < -0.39 is 0 Å². The van der Waals surface area contributed by atoms with Crippen molar-refractivity contribution in [1.29, 1.82) is 0 Å². The molecule has 1 saturated carbocycles. The fraction of sp³-hybridized carbons (Fsp3) is 0.556. The summed E-state index contributed by atoms with van der Waals surface area (Å²) in [6.45, 7) is 0.789. The van der Waals surface area contributed by atoms with Gasteiger partial charge in [-0.05, 0) is 37.3 Å². The molecule has 64 valence electrons. The van der Waals surface area contributed by atoms with Gasteiger partial charge < -0.3 is 5.73 Å². The summed E-state index contributed by atoms with van der Waals surface area (Å²) in [4.78, 5) is 8.06. The molecule has 12 heavy (non-hydrogen) atoms. The van der Waals surface area contributed by atoms with Gasteiger partial charge in [-0.2, -0.15) is 0 Å². The second-order valence-corrected chi connectivity index (χ2v) is 3.58. The molecule has 3 heteroatoms. The van der Waals surface area contributed by atoms with Crippen LogP contribution in [0.4, 0.5) is 0 Å². The van der Waals surface area contributed by atoms with E-state index in [2.05, 4.69) is 9.97 Å². The minimum absolute atomic E-state index is 0.383. The second kappa shape index (κ2) is 2.83. The predicted octanol–water partition coefficient (Wildman–Crippen LogP) is 0.758. The predicted molar refractivity (Wildman–Crippen MR) is 46.5 cm³/mol. The van der Waals surface area contributed by atoms with Crippen LogP contribution in [0.2, 0.25) is 0 Å². The van der Waals surface area contributed by atoms with Crippen LogP contribution in [0, 0.1) is 5.41 Å². The molecule has 1 aromatic rings. The first kappa shape index (κ1) is 7.68. The van der Waals surface area contributed by atoms with E-state index >= 15 is 0 Å². The highest BCUT2D eigenvalue weighted by molar-refractivity contribution is 5.07. The average Bonchev–Trinajstić information content (AvgIpc) is 2.88. The highest BCUT2D eigenvalue weighted by Gasteiger charge is 2.41. The van der Waals surface area contributed by atoms with E-state index in [0.29, 0.717) is 5.41 Å². The highest BCUT2D eigenvalue weighted by Crippen LogP contribution is 2.46. The Balaban J connectivity index is 2.04. The third-order valence-corrected chi connectivity index (χ3v) is 2.59. The Hall–Kier alpha value is -0.960. The SMILES string of the molecule is NCC1(Cc2ccncn2)CC1. The zero-order valence-electron chi connectivity index (χ0n) is 7.03. The lowest BCUT2D eigenvalue weighted by Crippen LogP contribution is -2.18. The fourth-order valence-corrected chi connectivity index (χ4v) is 1.44. The summed E-state index contributed by atoms with van der Waals surface area (Å²) in [6, 6.07) is 1.97. The van der Waals surface area contributed by atoms with Gasteiger partial charge in [-0.25, -0.2) is 9.97 Å². The molecule has 0 amide bonds. The molecule has 0 radical (unpaired) electrons. The van der Waals surface area contributed by atoms with Crippen molar-refractivity contribution in [1.82, 2.24) is 9.97 Å². The smallest absolute Gasteiger partial charge is 0.115 e. The van der Waals surface area contributed by atoms with E-state index in [4.69, 9.17) is 5.73 Å². The van der Waals surface area contributed by atoms with Gasteiger partial charge in [0.25, 0.3) is 0 Å². The van der Waals surface area contributed by atoms with E-state index in [9.17, 15) is 0 Å². The zero-order valence-corrected chi connectivity index (χ0v) is 7.03. The van der Waals surface area contributed by atoms with Crippen LogP contribution in [0.25, 0.3) is 0 Å². The van der Waals surface area contributed by atoms with Crippen LogP contribution in [0.5, 0.6) is 0 Å². The Kier molecular flexibility index (Phi) is 1.81. The monoisotopic (exact) mass is 163 g/mol. The second-order valence-electron chi connectivity index (χ2n) is 3.58. The molecule has 0 unspecified atom stereocenters. The maximum absolute atomic E-state index is 5.67. The van der Waals surface area contributed by atoms with Crippen LogP contribution in [0.1, 0.15) is 18.5 Å². The number of aromatic nitrogens is 2. The van der Waals surface area contributed by atoms with Gasteiger partial charge in [-0.1, -0.05) is 0 Å². The Labute approximate surface area is 72.0 Å². The molecular weight excluding hydrogens is 150 g/mol. The lowest BCUT2D eigenvalue weighted by Gasteiger charge is -2.09. The van der Waals surface area contributed by atoms with Crippen LogP contribution in [0.15, 0.2) is 18.6 Å². The maximum atomic E-state index is 5.67. The lowest BCUT2D eigenvalue weighted by molar-refractivity contribution is 0.513. The standard InChI is InChI=1S/C9H13N3/c10-6-9(2-3-9)5-8-1-4-11-7-12-8/h1,4,7H,2-3,5-6,10H2. The van der Waals surface area contributed by atoms with Gasteiger partial charge in [0.1, 0.15) is 6.33 Å². The van der Waals surface area contributed by atoms with E-state index in [0.717, 1.165) is 18.7 Å². The van der Waals surface area contributed by atoms with Crippen molar-refractivity contribution in [3.63, 3.8) is 0 Å². The van der Waals surface area contributed by atoms with Crippen LogP contribution >= 0.6 is 0 Å². The molecule has 0 aromatic carbocycles. The number of hydrogen-bond donors (Lipinski definition) is 1. The number of rotatable bonds is 3. The van der Waals surface area contributed by atoms with Crippen LogP contribution in [0.3, 0.4) is 0 Å². The number of nitrogens with zero attached hydrogens (tertiary/aromatic N) is 2. The molecule has 0 bridgehead atoms. The molecule has 1 aliphatic carbocycles. The Morgan fingerprint density at radius 1 is 1.50 bits per heavy atom. The third kappa shape index (κ3) is 1.46. The molecule has 1 heterocycles. The Bertz CT molecular complexity index is 254. The van der Waals surface area contributed by atoms with Gasteiger partial charge in [0, 0.05) is 11.9 Å². The molecule has 1 fully saturated rings. The molecule has 0 saturated heterocycles. The minimum Gasteiger partial charge on any atom is -0.330 e. The van der Waals surface area contributed by atoms with E-state index in [1.807, 2.05) is 6.07 Å². The van der Waals surface area contributed by atoms with Crippen molar-refractivity contribution in [3.05, 3.63) is 24.3 Å². The molecule has 0 aliphatic heterocycles. The molecule has 1 aromatic heterocycles. The average molecular weight is 163 g/mol. The maximum Gasteiger partial charge on any atom is 0.115 e. The molecular formula is C9H13N3. The number of nitrogens with two attached hydrogens (primary N) is 1. The summed E-state index contributed by atoms with van der Waals surface area (Å²) >= 11 is 0. The van der Waals surface area contributed by atoms with E-state index in [1.54, 1.807) is 12.5 Å². The highest BCUT2D eigenvalue weighted by atomic mass is 14.8. The quantitative estimate of drug-likeness (QED) is 0.715. The Morgan fingerprint density at radius 3 is 2.83 bits per heavy atom.